The maximum absolute atomic E-state index is 11.2. The monoisotopic (exact) mass is 254 g/mol. The Balaban J connectivity index is 2.62. The van der Waals surface area contributed by atoms with Crippen molar-refractivity contribution in [1.82, 2.24) is 14.6 Å². The lowest BCUT2D eigenvalue weighted by Crippen LogP contribution is -2.15. The molecule has 72 valence electrons. The maximum Gasteiger partial charge on any atom is 0.219 e. The third-order valence-corrected chi connectivity index (χ3v) is 2.37. The molecule has 0 aromatic carbocycles. The topological polar surface area (TPSA) is 73.3 Å². The summed E-state index contributed by atoms with van der Waals surface area (Å²) in [5.41, 5.74) is 5.83. The van der Waals surface area contributed by atoms with Gasteiger partial charge in [-0.15, -0.1) is 5.10 Å². The molecule has 0 saturated heterocycles. The number of hydrogen-bond acceptors (Lipinski definition) is 4. The first-order chi connectivity index (χ1) is 6.72. The molecule has 2 N–H and O–H groups in total. The summed E-state index contributed by atoms with van der Waals surface area (Å²) in [5, 5.41) is 3.99. The van der Waals surface area contributed by atoms with E-state index in [-0.39, 0.29) is 18.2 Å². The van der Waals surface area contributed by atoms with Crippen LogP contribution < -0.4 is 5.73 Å². The normalized spacial score (nSPS) is 10.7. The quantitative estimate of drug-likeness (QED) is 0.799. The number of carbonyl (C=O) groups excluding carboxylic acids is 1. The van der Waals surface area contributed by atoms with Gasteiger partial charge in [-0.25, -0.2) is 9.50 Å². The van der Waals surface area contributed by atoms with E-state index in [1.165, 1.54) is 4.52 Å². The molecule has 2 heterocycles. The fourth-order valence-electron chi connectivity index (χ4n) is 1.08. The Labute approximate surface area is 88.1 Å². The molecule has 2 aromatic heterocycles. The van der Waals surface area contributed by atoms with Gasteiger partial charge in [-0.05, 0) is 28.1 Å². The number of ketones is 1. The molecule has 0 atom stereocenters. The summed E-state index contributed by atoms with van der Waals surface area (Å²) in [6.45, 7) is -0.0749. The van der Waals surface area contributed by atoms with Crippen molar-refractivity contribution in [3.8, 4) is 0 Å². The van der Waals surface area contributed by atoms with Gasteiger partial charge in [0.25, 0.3) is 0 Å². The number of nitrogens with zero attached hydrogens (tertiary/aromatic N) is 3. The molecule has 14 heavy (non-hydrogen) atoms. The Bertz CT molecular complexity index is 493. The zero-order chi connectivity index (χ0) is 10.1. The molecule has 0 radical (unpaired) electrons. The zero-order valence-electron chi connectivity index (χ0n) is 7.14. The van der Waals surface area contributed by atoms with Crippen LogP contribution in [0.1, 0.15) is 10.6 Å². The lowest BCUT2D eigenvalue weighted by Gasteiger charge is -1.90. The average Bonchev–Trinajstić information content (AvgIpc) is 2.62. The second kappa shape index (κ2) is 3.47. The lowest BCUT2D eigenvalue weighted by molar-refractivity contribution is 0.0992. The van der Waals surface area contributed by atoms with E-state index in [4.69, 9.17) is 5.73 Å². The Kier molecular flexibility index (Phi) is 2.30. The molecule has 0 spiro atoms. The number of nitrogens with two attached hydrogens (primary N) is 1. The van der Waals surface area contributed by atoms with Crippen LogP contribution in [0, 0.1) is 0 Å². The minimum absolute atomic E-state index is 0.0749. The highest BCUT2D eigenvalue weighted by atomic mass is 79.9. The number of Topliss-reactive ketones (excluding diaryl/α,β-unsaturated/α-hetero) is 1. The van der Waals surface area contributed by atoms with Crippen LogP contribution in [0.4, 0.5) is 0 Å². The number of pyridine rings is 1. The standard InChI is InChI=1S/C8H7BrN4O/c9-5-2-1-3-13-8(5)11-7(12-13)6(14)4-10/h1-3H,4,10H2. The molecule has 5 nitrogen and oxygen atoms in total. The van der Waals surface area contributed by atoms with Gasteiger partial charge in [0.2, 0.25) is 11.6 Å². The predicted molar refractivity (Wildman–Crippen MR) is 54.1 cm³/mol. The molecule has 2 aromatic rings. The van der Waals surface area contributed by atoms with E-state index in [0.717, 1.165) is 4.47 Å². The highest BCUT2D eigenvalue weighted by Crippen LogP contribution is 2.15. The SMILES string of the molecule is NCC(=O)c1nc2c(Br)cccn2n1. The Morgan fingerprint density at radius 3 is 3.07 bits per heavy atom. The van der Waals surface area contributed by atoms with Crippen molar-refractivity contribution in [1.29, 1.82) is 0 Å². The van der Waals surface area contributed by atoms with Crippen molar-refractivity contribution in [3.05, 3.63) is 28.6 Å². The minimum Gasteiger partial charge on any atom is -0.324 e. The molecule has 0 aliphatic rings. The average molecular weight is 255 g/mol. The molecule has 2 rings (SSSR count). The molecule has 0 amide bonds. The van der Waals surface area contributed by atoms with Crippen molar-refractivity contribution in [2.24, 2.45) is 5.73 Å². The molecule has 6 heteroatoms. The van der Waals surface area contributed by atoms with Gasteiger partial charge in [0, 0.05) is 6.20 Å². The van der Waals surface area contributed by atoms with Crippen LogP contribution >= 0.6 is 15.9 Å². The van der Waals surface area contributed by atoms with Crippen LogP contribution in [-0.2, 0) is 0 Å². The van der Waals surface area contributed by atoms with Crippen molar-refractivity contribution in [2.75, 3.05) is 6.54 Å². The van der Waals surface area contributed by atoms with E-state index in [9.17, 15) is 4.79 Å². The first-order valence-corrected chi connectivity index (χ1v) is 4.76. The Morgan fingerprint density at radius 1 is 1.64 bits per heavy atom. The third kappa shape index (κ3) is 1.42. The lowest BCUT2D eigenvalue weighted by atomic mass is 10.4. The van der Waals surface area contributed by atoms with E-state index >= 15 is 0 Å². The summed E-state index contributed by atoms with van der Waals surface area (Å²) < 4.78 is 2.33. The summed E-state index contributed by atoms with van der Waals surface area (Å²) in [7, 11) is 0. The predicted octanol–water partition coefficient (Wildman–Crippen LogP) is 0.633. The van der Waals surface area contributed by atoms with Gasteiger partial charge in [-0.2, -0.15) is 0 Å². The minimum atomic E-state index is -0.263. The van der Waals surface area contributed by atoms with Crippen LogP contribution in [0.5, 0.6) is 0 Å². The smallest absolute Gasteiger partial charge is 0.219 e. The van der Waals surface area contributed by atoms with Crippen molar-refractivity contribution < 1.29 is 4.79 Å². The van der Waals surface area contributed by atoms with Crippen molar-refractivity contribution in [2.45, 2.75) is 0 Å². The summed E-state index contributed by atoms with van der Waals surface area (Å²) in [6.07, 6.45) is 1.72. The first kappa shape index (κ1) is 9.29. The maximum atomic E-state index is 11.2. The van der Waals surface area contributed by atoms with Gasteiger partial charge < -0.3 is 5.73 Å². The number of rotatable bonds is 2. The van der Waals surface area contributed by atoms with Crippen molar-refractivity contribution in [3.63, 3.8) is 0 Å². The molecular formula is C8H7BrN4O. The summed E-state index contributed by atoms with van der Waals surface area (Å²) in [6, 6.07) is 3.64. The number of hydrogen-bond donors (Lipinski definition) is 1. The van der Waals surface area contributed by atoms with E-state index < -0.39 is 0 Å². The summed E-state index contributed by atoms with van der Waals surface area (Å²) in [5.74, 6) is -0.111. The third-order valence-electron chi connectivity index (χ3n) is 1.75. The Hall–Kier alpha value is -1.27. The Morgan fingerprint density at radius 2 is 2.43 bits per heavy atom. The fourth-order valence-corrected chi connectivity index (χ4v) is 1.51. The van der Waals surface area contributed by atoms with Crippen LogP contribution in [0.3, 0.4) is 0 Å². The second-order valence-electron chi connectivity index (χ2n) is 2.69. The van der Waals surface area contributed by atoms with E-state index in [1.54, 1.807) is 6.20 Å². The van der Waals surface area contributed by atoms with Gasteiger partial charge in [-0.3, -0.25) is 4.79 Å². The van der Waals surface area contributed by atoms with E-state index in [0.29, 0.717) is 5.65 Å². The van der Waals surface area contributed by atoms with Gasteiger partial charge >= 0.3 is 0 Å². The van der Waals surface area contributed by atoms with Crippen LogP contribution in [0.2, 0.25) is 0 Å². The van der Waals surface area contributed by atoms with Crippen LogP contribution in [0.25, 0.3) is 5.65 Å². The van der Waals surface area contributed by atoms with Crippen LogP contribution in [0.15, 0.2) is 22.8 Å². The van der Waals surface area contributed by atoms with Gasteiger partial charge in [0.05, 0.1) is 11.0 Å². The second-order valence-corrected chi connectivity index (χ2v) is 3.54. The molecule has 0 saturated carbocycles. The number of fused-ring (bicyclic) bond motifs is 1. The first-order valence-electron chi connectivity index (χ1n) is 3.96. The number of aromatic nitrogens is 3. The van der Waals surface area contributed by atoms with Gasteiger partial charge in [0.1, 0.15) is 0 Å². The highest BCUT2D eigenvalue weighted by molar-refractivity contribution is 9.10. The molecule has 0 fully saturated rings. The number of halogens is 1. The van der Waals surface area contributed by atoms with Crippen LogP contribution in [-0.4, -0.2) is 26.9 Å². The van der Waals surface area contributed by atoms with Gasteiger partial charge in [-0.1, -0.05) is 0 Å². The van der Waals surface area contributed by atoms with E-state index in [1.807, 2.05) is 12.1 Å². The summed E-state index contributed by atoms with van der Waals surface area (Å²) in [4.78, 5) is 15.3. The molecule has 0 aliphatic carbocycles. The molecule has 0 aliphatic heterocycles. The van der Waals surface area contributed by atoms with E-state index in [2.05, 4.69) is 26.0 Å². The summed E-state index contributed by atoms with van der Waals surface area (Å²) >= 11 is 3.32. The number of carbonyl (C=O) groups is 1. The largest absolute Gasteiger partial charge is 0.324 e. The molecule has 0 bridgehead atoms. The highest BCUT2D eigenvalue weighted by Gasteiger charge is 2.11. The molecule has 0 unspecified atom stereocenters. The van der Waals surface area contributed by atoms with Crippen molar-refractivity contribution >= 4 is 27.4 Å². The molecular weight excluding hydrogens is 248 g/mol. The zero-order valence-corrected chi connectivity index (χ0v) is 8.73. The fraction of sp³-hybridized carbons (Fsp3) is 0.125. The van der Waals surface area contributed by atoms with Gasteiger partial charge in [0.15, 0.2) is 5.65 Å².